The van der Waals surface area contributed by atoms with Gasteiger partial charge < -0.3 is 9.64 Å². The van der Waals surface area contributed by atoms with Crippen molar-refractivity contribution in [2.75, 3.05) is 35.6 Å². The monoisotopic (exact) mass is 340 g/mol. The zero-order valence-electron chi connectivity index (χ0n) is 13.8. The molecule has 1 aliphatic heterocycles. The number of carbonyl (C=O) groups is 1. The molecule has 0 aromatic heterocycles. The van der Waals surface area contributed by atoms with Gasteiger partial charge in [-0.1, -0.05) is 19.9 Å². The highest BCUT2D eigenvalue weighted by Crippen LogP contribution is 2.31. The molecule has 0 unspecified atom stereocenters. The van der Waals surface area contributed by atoms with Crippen molar-refractivity contribution in [2.24, 2.45) is 5.92 Å². The molecule has 23 heavy (non-hydrogen) atoms. The molecule has 0 atom stereocenters. The van der Waals surface area contributed by atoms with Gasteiger partial charge in [-0.15, -0.1) is 0 Å². The summed E-state index contributed by atoms with van der Waals surface area (Å²) in [4.78, 5) is 14.1. The maximum atomic E-state index is 12.4. The molecule has 1 amide bonds. The predicted molar refractivity (Wildman–Crippen MR) is 91.2 cm³/mol. The third-order valence-electron chi connectivity index (χ3n) is 3.79. The fraction of sp³-hybridized carbons (Fsp3) is 0.562. The Kier molecular flexibility index (Phi) is 5.64. The van der Waals surface area contributed by atoms with Crippen molar-refractivity contribution in [3.8, 4) is 0 Å². The van der Waals surface area contributed by atoms with E-state index in [4.69, 9.17) is 4.74 Å². The molecule has 128 valence electrons. The first-order chi connectivity index (χ1) is 10.8. The Labute approximate surface area is 137 Å². The largest absolute Gasteiger partial charge is 0.384 e. The quantitative estimate of drug-likeness (QED) is 0.859. The molecule has 2 rings (SSSR count). The highest BCUT2D eigenvalue weighted by Gasteiger charge is 2.25. The van der Waals surface area contributed by atoms with Crippen molar-refractivity contribution < 1.29 is 17.9 Å². The summed E-state index contributed by atoms with van der Waals surface area (Å²) in [5, 5.41) is 0. The summed E-state index contributed by atoms with van der Waals surface area (Å²) < 4.78 is 31.3. The second kappa shape index (κ2) is 7.31. The summed E-state index contributed by atoms with van der Waals surface area (Å²) in [6.45, 7) is 4.55. The first-order valence-corrected chi connectivity index (χ1v) is 9.43. The molecule has 1 N–H and O–H groups in total. The van der Waals surface area contributed by atoms with Gasteiger partial charge in [-0.3, -0.25) is 9.52 Å². The van der Waals surface area contributed by atoms with Gasteiger partial charge in [0.2, 0.25) is 15.9 Å². The van der Waals surface area contributed by atoms with E-state index in [-0.39, 0.29) is 24.2 Å². The lowest BCUT2D eigenvalue weighted by atomic mass is 9.99. The molecular weight excluding hydrogens is 316 g/mol. The Balaban J connectivity index is 2.26. The molecule has 6 nitrogen and oxygen atoms in total. The van der Waals surface area contributed by atoms with Crippen molar-refractivity contribution in [2.45, 2.75) is 26.7 Å². The van der Waals surface area contributed by atoms with Crippen LogP contribution in [0, 0.1) is 5.92 Å². The molecule has 1 aromatic rings. The van der Waals surface area contributed by atoms with E-state index in [9.17, 15) is 13.2 Å². The van der Waals surface area contributed by atoms with Crippen LogP contribution in [0.4, 0.5) is 11.4 Å². The highest BCUT2D eigenvalue weighted by atomic mass is 32.2. The predicted octanol–water partition coefficient (Wildman–Crippen LogP) is 2.01. The number of rotatable bonds is 6. The van der Waals surface area contributed by atoms with E-state index >= 15 is 0 Å². The van der Waals surface area contributed by atoms with Gasteiger partial charge in [0.15, 0.2) is 0 Å². The molecule has 0 saturated carbocycles. The van der Waals surface area contributed by atoms with Crippen LogP contribution in [0.15, 0.2) is 18.2 Å². The fourth-order valence-corrected chi connectivity index (χ4v) is 3.58. The summed E-state index contributed by atoms with van der Waals surface area (Å²) in [5.74, 6) is -0.136. The first-order valence-electron chi connectivity index (χ1n) is 7.78. The number of amides is 1. The van der Waals surface area contributed by atoms with E-state index in [0.717, 1.165) is 24.1 Å². The minimum Gasteiger partial charge on any atom is -0.384 e. The topological polar surface area (TPSA) is 75.7 Å². The van der Waals surface area contributed by atoms with Gasteiger partial charge in [0.05, 0.1) is 18.0 Å². The van der Waals surface area contributed by atoms with E-state index in [2.05, 4.69) is 4.72 Å². The lowest BCUT2D eigenvalue weighted by molar-refractivity contribution is -0.121. The molecule has 0 saturated heterocycles. The highest BCUT2D eigenvalue weighted by molar-refractivity contribution is 7.92. The van der Waals surface area contributed by atoms with Crippen molar-refractivity contribution in [3.05, 3.63) is 23.8 Å². The second-order valence-corrected chi connectivity index (χ2v) is 7.85. The summed E-state index contributed by atoms with van der Waals surface area (Å²) in [5.41, 5.74) is 2.36. The van der Waals surface area contributed by atoms with Crippen LogP contribution in [-0.4, -0.2) is 40.3 Å². The Morgan fingerprint density at radius 3 is 2.78 bits per heavy atom. The number of aryl methyl sites for hydroxylation is 1. The van der Waals surface area contributed by atoms with Gasteiger partial charge in [0.25, 0.3) is 0 Å². The molecular formula is C16H24N2O4S. The second-order valence-electron chi connectivity index (χ2n) is 6.01. The van der Waals surface area contributed by atoms with Gasteiger partial charge in [-0.05, 0) is 30.5 Å². The average Bonchev–Trinajstić information content (AvgIpc) is 2.51. The average molecular weight is 340 g/mol. The molecule has 7 heteroatoms. The van der Waals surface area contributed by atoms with Crippen LogP contribution in [0.1, 0.15) is 25.8 Å². The minimum absolute atomic E-state index is 0.0605. The number of nitrogens with one attached hydrogen (secondary N) is 1. The van der Waals surface area contributed by atoms with Crippen molar-refractivity contribution in [3.63, 3.8) is 0 Å². The number of ether oxygens (including phenoxy) is 1. The van der Waals surface area contributed by atoms with Gasteiger partial charge >= 0.3 is 0 Å². The third kappa shape index (κ3) is 4.45. The normalized spacial score (nSPS) is 14.7. The molecule has 1 aromatic carbocycles. The number of methoxy groups -OCH3 is 1. The number of benzene rings is 1. The standard InChI is InChI=1S/C16H24N2O4S/c1-12(2)16(19)18-8-4-5-13-6-7-14(11-15(13)18)17-23(20,21)10-9-22-3/h6-7,11-12,17H,4-5,8-10H2,1-3H3. The summed E-state index contributed by atoms with van der Waals surface area (Å²) in [7, 11) is -1.99. The van der Waals surface area contributed by atoms with E-state index < -0.39 is 10.0 Å². The molecule has 0 fully saturated rings. The van der Waals surface area contributed by atoms with Gasteiger partial charge in [0.1, 0.15) is 0 Å². The molecule has 1 aliphatic rings. The summed E-state index contributed by atoms with van der Waals surface area (Å²) >= 11 is 0. The molecule has 0 bridgehead atoms. The van der Waals surface area contributed by atoms with E-state index in [0.29, 0.717) is 12.2 Å². The van der Waals surface area contributed by atoms with Gasteiger partial charge in [-0.25, -0.2) is 8.42 Å². The van der Waals surface area contributed by atoms with E-state index in [1.807, 2.05) is 19.9 Å². The minimum atomic E-state index is -3.46. The van der Waals surface area contributed by atoms with Gasteiger partial charge in [0, 0.05) is 25.3 Å². The molecule has 0 aliphatic carbocycles. The Morgan fingerprint density at radius 1 is 1.39 bits per heavy atom. The van der Waals surface area contributed by atoms with E-state index in [1.54, 1.807) is 17.0 Å². The first kappa shape index (κ1) is 17.7. The van der Waals surface area contributed by atoms with Gasteiger partial charge in [-0.2, -0.15) is 0 Å². The number of carbonyl (C=O) groups excluding carboxylic acids is 1. The summed E-state index contributed by atoms with van der Waals surface area (Å²) in [6.07, 6.45) is 1.82. The summed E-state index contributed by atoms with van der Waals surface area (Å²) in [6, 6.07) is 5.38. The number of nitrogens with zero attached hydrogens (tertiary/aromatic N) is 1. The maximum Gasteiger partial charge on any atom is 0.235 e. The number of hydrogen-bond acceptors (Lipinski definition) is 4. The Bertz CT molecular complexity index is 671. The maximum absolute atomic E-state index is 12.4. The van der Waals surface area contributed by atoms with Crippen LogP contribution in [-0.2, 0) is 26.0 Å². The number of anilines is 2. The SMILES string of the molecule is COCCS(=O)(=O)Nc1ccc2c(c1)N(C(=O)C(C)C)CCC2. The van der Waals surface area contributed by atoms with Crippen LogP contribution in [0.25, 0.3) is 0 Å². The van der Waals surface area contributed by atoms with Crippen molar-refractivity contribution >= 4 is 27.3 Å². The third-order valence-corrected chi connectivity index (χ3v) is 5.04. The number of hydrogen-bond donors (Lipinski definition) is 1. The van der Waals surface area contributed by atoms with Crippen LogP contribution in [0.2, 0.25) is 0 Å². The lowest BCUT2D eigenvalue weighted by Crippen LogP contribution is -2.38. The van der Waals surface area contributed by atoms with Crippen molar-refractivity contribution in [1.82, 2.24) is 0 Å². The smallest absolute Gasteiger partial charge is 0.235 e. The van der Waals surface area contributed by atoms with Crippen LogP contribution < -0.4 is 9.62 Å². The number of sulfonamides is 1. The number of fused-ring (bicyclic) bond motifs is 1. The fourth-order valence-electron chi connectivity index (χ4n) is 2.60. The van der Waals surface area contributed by atoms with Crippen LogP contribution in [0.5, 0.6) is 0 Å². The van der Waals surface area contributed by atoms with E-state index in [1.165, 1.54) is 7.11 Å². The molecule has 0 spiro atoms. The van der Waals surface area contributed by atoms with Crippen LogP contribution >= 0.6 is 0 Å². The zero-order chi connectivity index (χ0) is 17.0. The zero-order valence-corrected chi connectivity index (χ0v) is 14.6. The molecule has 0 radical (unpaired) electrons. The van der Waals surface area contributed by atoms with Crippen molar-refractivity contribution in [1.29, 1.82) is 0 Å². The Hall–Kier alpha value is -1.60. The Morgan fingerprint density at radius 2 is 2.13 bits per heavy atom. The van der Waals surface area contributed by atoms with Crippen LogP contribution in [0.3, 0.4) is 0 Å². The molecule has 1 heterocycles. The lowest BCUT2D eigenvalue weighted by Gasteiger charge is -2.31.